The zero-order valence-corrected chi connectivity index (χ0v) is 6.34. The van der Waals surface area contributed by atoms with Crippen molar-refractivity contribution in [1.82, 2.24) is 4.90 Å². The fourth-order valence-electron chi connectivity index (χ4n) is 1.19. The van der Waals surface area contributed by atoms with Crippen molar-refractivity contribution in [2.75, 3.05) is 19.6 Å². The predicted octanol–water partition coefficient (Wildman–Crippen LogP) is 0.837. The highest BCUT2D eigenvalue weighted by atomic mass is 16.1. The molecule has 0 amide bonds. The SMILES string of the molecule is CCN1CCC=C(C=O)C1. The number of rotatable bonds is 2. The summed E-state index contributed by atoms with van der Waals surface area (Å²) >= 11 is 0. The molecular formula is C8H13NO. The number of carbonyl (C=O) groups is 1. The van der Waals surface area contributed by atoms with Crippen LogP contribution in [0.15, 0.2) is 11.6 Å². The van der Waals surface area contributed by atoms with Gasteiger partial charge in [-0.2, -0.15) is 0 Å². The van der Waals surface area contributed by atoms with Gasteiger partial charge in [-0.15, -0.1) is 0 Å². The van der Waals surface area contributed by atoms with E-state index < -0.39 is 0 Å². The van der Waals surface area contributed by atoms with Crippen LogP contribution in [0.1, 0.15) is 13.3 Å². The van der Waals surface area contributed by atoms with Crippen molar-refractivity contribution in [1.29, 1.82) is 0 Å². The number of carbonyl (C=O) groups excluding carboxylic acids is 1. The Bertz CT molecular complexity index is 151. The summed E-state index contributed by atoms with van der Waals surface area (Å²) in [5.41, 5.74) is 0.938. The largest absolute Gasteiger partial charge is 0.299 e. The van der Waals surface area contributed by atoms with Crippen LogP contribution in [0.2, 0.25) is 0 Å². The molecular weight excluding hydrogens is 126 g/mol. The first-order valence-corrected chi connectivity index (χ1v) is 3.73. The van der Waals surface area contributed by atoms with Gasteiger partial charge in [-0.3, -0.25) is 9.69 Å². The minimum absolute atomic E-state index is 0.847. The van der Waals surface area contributed by atoms with E-state index in [0.717, 1.165) is 37.9 Å². The van der Waals surface area contributed by atoms with Gasteiger partial charge in [-0.25, -0.2) is 0 Å². The Kier molecular flexibility index (Phi) is 2.63. The third-order valence-corrected chi connectivity index (χ3v) is 1.86. The van der Waals surface area contributed by atoms with Crippen LogP contribution >= 0.6 is 0 Å². The van der Waals surface area contributed by atoms with E-state index in [-0.39, 0.29) is 0 Å². The first-order valence-electron chi connectivity index (χ1n) is 3.73. The molecule has 1 heterocycles. The highest BCUT2D eigenvalue weighted by Gasteiger charge is 2.08. The zero-order valence-electron chi connectivity index (χ0n) is 6.34. The summed E-state index contributed by atoms with van der Waals surface area (Å²) in [6, 6.07) is 0. The zero-order chi connectivity index (χ0) is 7.40. The lowest BCUT2D eigenvalue weighted by atomic mass is 10.1. The molecule has 0 aromatic heterocycles. The van der Waals surface area contributed by atoms with Crippen LogP contribution in [0.5, 0.6) is 0 Å². The predicted molar refractivity (Wildman–Crippen MR) is 40.9 cm³/mol. The van der Waals surface area contributed by atoms with Gasteiger partial charge in [0, 0.05) is 18.7 Å². The van der Waals surface area contributed by atoms with Crippen molar-refractivity contribution in [3.63, 3.8) is 0 Å². The number of nitrogens with zero attached hydrogens (tertiary/aromatic N) is 1. The molecule has 1 aliphatic rings. The van der Waals surface area contributed by atoms with Gasteiger partial charge >= 0.3 is 0 Å². The van der Waals surface area contributed by atoms with Gasteiger partial charge in [0.25, 0.3) is 0 Å². The fraction of sp³-hybridized carbons (Fsp3) is 0.625. The van der Waals surface area contributed by atoms with E-state index >= 15 is 0 Å². The van der Waals surface area contributed by atoms with Crippen molar-refractivity contribution in [2.45, 2.75) is 13.3 Å². The van der Waals surface area contributed by atoms with Gasteiger partial charge < -0.3 is 0 Å². The molecule has 1 rings (SSSR count). The fourth-order valence-corrected chi connectivity index (χ4v) is 1.19. The monoisotopic (exact) mass is 139 g/mol. The molecule has 0 aromatic carbocycles. The second-order valence-corrected chi connectivity index (χ2v) is 2.55. The maximum Gasteiger partial charge on any atom is 0.147 e. The van der Waals surface area contributed by atoms with Gasteiger partial charge in [0.1, 0.15) is 6.29 Å². The smallest absolute Gasteiger partial charge is 0.147 e. The first kappa shape index (κ1) is 7.48. The molecule has 0 fully saturated rings. The average molecular weight is 139 g/mol. The second kappa shape index (κ2) is 3.52. The summed E-state index contributed by atoms with van der Waals surface area (Å²) in [6.45, 7) is 5.12. The van der Waals surface area contributed by atoms with E-state index in [1.54, 1.807) is 0 Å². The number of aldehydes is 1. The third-order valence-electron chi connectivity index (χ3n) is 1.86. The Morgan fingerprint density at radius 2 is 2.60 bits per heavy atom. The van der Waals surface area contributed by atoms with Gasteiger partial charge in [-0.1, -0.05) is 13.0 Å². The van der Waals surface area contributed by atoms with Gasteiger partial charge in [0.2, 0.25) is 0 Å². The molecule has 0 unspecified atom stereocenters. The lowest BCUT2D eigenvalue weighted by Crippen LogP contribution is -2.29. The third kappa shape index (κ3) is 1.67. The molecule has 0 saturated carbocycles. The highest BCUT2D eigenvalue weighted by molar-refractivity contribution is 5.73. The summed E-state index contributed by atoms with van der Waals surface area (Å²) in [7, 11) is 0. The molecule has 0 aliphatic carbocycles. The molecule has 0 N–H and O–H groups in total. The normalized spacial score (nSPS) is 20.3. The summed E-state index contributed by atoms with van der Waals surface area (Å²) < 4.78 is 0. The summed E-state index contributed by atoms with van der Waals surface area (Å²) in [6.07, 6.45) is 4.02. The van der Waals surface area contributed by atoms with Crippen molar-refractivity contribution < 1.29 is 4.79 Å². The van der Waals surface area contributed by atoms with Crippen LogP contribution in [0.4, 0.5) is 0 Å². The molecule has 0 bridgehead atoms. The van der Waals surface area contributed by atoms with Gasteiger partial charge in [0.05, 0.1) is 0 Å². The van der Waals surface area contributed by atoms with E-state index in [0.29, 0.717) is 0 Å². The van der Waals surface area contributed by atoms with E-state index in [1.165, 1.54) is 0 Å². The molecule has 0 radical (unpaired) electrons. The Balaban J connectivity index is 2.48. The van der Waals surface area contributed by atoms with Crippen LogP contribution in [-0.4, -0.2) is 30.8 Å². The number of hydrogen-bond acceptors (Lipinski definition) is 2. The van der Waals surface area contributed by atoms with Gasteiger partial charge in [-0.05, 0) is 13.0 Å². The number of hydrogen-bond donors (Lipinski definition) is 0. The minimum Gasteiger partial charge on any atom is -0.299 e. The Labute approximate surface area is 61.5 Å². The van der Waals surface area contributed by atoms with E-state index in [9.17, 15) is 4.79 Å². The van der Waals surface area contributed by atoms with Crippen molar-refractivity contribution in [3.8, 4) is 0 Å². The van der Waals surface area contributed by atoms with E-state index in [4.69, 9.17) is 0 Å². The van der Waals surface area contributed by atoms with E-state index in [1.807, 2.05) is 6.08 Å². The Morgan fingerprint density at radius 3 is 3.20 bits per heavy atom. The maximum absolute atomic E-state index is 10.3. The summed E-state index contributed by atoms with van der Waals surface area (Å²) in [4.78, 5) is 12.6. The van der Waals surface area contributed by atoms with Crippen molar-refractivity contribution >= 4 is 6.29 Å². The standard InChI is InChI=1S/C8H13NO/c1-2-9-5-3-4-8(6-9)7-10/h4,7H,2-3,5-6H2,1H3. The summed E-state index contributed by atoms with van der Waals surface area (Å²) in [5, 5.41) is 0. The molecule has 2 nitrogen and oxygen atoms in total. The Hall–Kier alpha value is -0.630. The molecule has 1 aliphatic heterocycles. The minimum atomic E-state index is 0.847. The van der Waals surface area contributed by atoms with Crippen LogP contribution in [0.3, 0.4) is 0 Å². The lowest BCUT2D eigenvalue weighted by molar-refractivity contribution is -0.105. The first-order chi connectivity index (χ1) is 4.86. The molecule has 10 heavy (non-hydrogen) atoms. The van der Waals surface area contributed by atoms with E-state index in [2.05, 4.69) is 11.8 Å². The highest BCUT2D eigenvalue weighted by Crippen LogP contribution is 2.05. The summed E-state index contributed by atoms with van der Waals surface area (Å²) in [5.74, 6) is 0. The molecule has 0 spiro atoms. The molecule has 2 heteroatoms. The quantitative estimate of drug-likeness (QED) is 0.528. The lowest BCUT2D eigenvalue weighted by Gasteiger charge is -2.23. The maximum atomic E-state index is 10.3. The Morgan fingerprint density at radius 1 is 1.80 bits per heavy atom. The van der Waals surface area contributed by atoms with Crippen molar-refractivity contribution in [2.24, 2.45) is 0 Å². The average Bonchev–Trinajstić information content (AvgIpc) is 2.05. The molecule has 56 valence electrons. The van der Waals surface area contributed by atoms with Gasteiger partial charge in [0.15, 0.2) is 0 Å². The van der Waals surface area contributed by atoms with Crippen LogP contribution in [0, 0.1) is 0 Å². The van der Waals surface area contributed by atoms with Crippen LogP contribution in [0.25, 0.3) is 0 Å². The molecule has 0 aromatic rings. The second-order valence-electron chi connectivity index (χ2n) is 2.55. The van der Waals surface area contributed by atoms with Crippen molar-refractivity contribution in [3.05, 3.63) is 11.6 Å². The number of likely N-dealkylation sites (N-methyl/N-ethyl adjacent to an activating group) is 1. The molecule has 0 saturated heterocycles. The van der Waals surface area contributed by atoms with Crippen LogP contribution in [-0.2, 0) is 4.79 Å². The topological polar surface area (TPSA) is 20.3 Å². The van der Waals surface area contributed by atoms with Crippen LogP contribution < -0.4 is 0 Å². The molecule has 0 atom stereocenters.